The van der Waals surface area contributed by atoms with Crippen LogP contribution in [-0.4, -0.2) is 67.3 Å². The molecule has 0 bridgehead atoms. The van der Waals surface area contributed by atoms with Gasteiger partial charge in [0.15, 0.2) is 5.67 Å². The number of halogens is 2. The van der Waals surface area contributed by atoms with Gasteiger partial charge in [-0.05, 0) is 60.9 Å². The predicted molar refractivity (Wildman–Crippen MR) is 140 cm³/mol. The van der Waals surface area contributed by atoms with E-state index in [0.717, 1.165) is 27.9 Å². The van der Waals surface area contributed by atoms with Gasteiger partial charge in [-0.25, -0.2) is 8.78 Å². The van der Waals surface area contributed by atoms with Gasteiger partial charge in [0, 0.05) is 74.9 Å². The van der Waals surface area contributed by atoms with Gasteiger partial charge >= 0.3 is 0 Å². The summed E-state index contributed by atoms with van der Waals surface area (Å²) in [5.74, 6) is -0.662. The van der Waals surface area contributed by atoms with Crippen LogP contribution in [0.4, 0.5) is 8.78 Å². The molecule has 0 radical (unpaired) electrons. The molecule has 2 saturated heterocycles. The number of amides is 1. The highest BCUT2D eigenvalue weighted by atomic mass is 19.1. The molecule has 1 aromatic carbocycles. The van der Waals surface area contributed by atoms with Crippen LogP contribution in [0.2, 0.25) is 0 Å². The Kier molecular flexibility index (Phi) is 6.61. The van der Waals surface area contributed by atoms with E-state index in [9.17, 15) is 9.18 Å². The third-order valence-corrected chi connectivity index (χ3v) is 7.93. The summed E-state index contributed by atoms with van der Waals surface area (Å²) in [7, 11) is 0. The van der Waals surface area contributed by atoms with Crippen molar-refractivity contribution in [1.82, 2.24) is 29.5 Å². The molecule has 0 aliphatic carbocycles. The van der Waals surface area contributed by atoms with Gasteiger partial charge in [0.05, 0.1) is 17.6 Å². The second kappa shape index (κ2) is 10.2. The van der Waals surface area contributed by atoms with Crippen LogP contribution in [0.1, 0.15) is 37.3 Å². The van der Waals surface area contributed by atoms with Crippen molar-refractivity contribution in [3.8, 4) is 11.4 Å². The van der Waals surface area contributed by atoms with E-state index in [4.69, 9.17) is 0 Å². The van der Waals surface area contributed by atoms with Gasteiger partial charge in [-0.15, -0.1) is 0 Å². The Hall–Kier alpha value is -3.72. The molecule has 2 aliphatic heterocycles. The van der Waals surface area contributed by atoms with E-state index in [1.54, 1.807) is 35.6 Å². The predicted octanol–water partition coefficient (Wildman–Crippen LogP) is 4.80. The number of rotatable bonds is 5. The van der Waals surface area contributed by atoms with Crippen LogP contribution in [0, 0.1) is 5.82 Å². The third-order valence-electron chi connectivity index (χ3n) is 7.93. The number of benzene rings is 1. The Balaban J connectivity index is 1.14. The van der Waals surface area contributed by atoms with Crippen molar-refractivity contribution < 1.29 is 13.6 Å². The lowest BCUT2D eigenvalue weighted by molar-refractivity contribution is -0.148. The second-order valence-corrected chi connectivity index (χ2v) is 10.3. The van der Waals surface area contributed by atoms with Gasteiger partial charge in [0.25, 0.3) is 5.91 Å². The SMILES string of the molecule is O=C(N1CCC(n2c(-c3ccccn3)cc3cc(F)ccc32)CC1)C1(F)CCN(Cc2ccnnc2)CC1. The zero-order chi connectivity index (χ0) is 26.1. The van der Waals surface area contributed by atoms with E-state index in [1.165, 1.54) is 6.07 Å². The number of hydrogen-bond acceptors (Lipinski definition) is 5. The summed E-state index contributed by atoms with van der Waals surface area (Å²) in [5.41, 5.74) is 1.89. The summed E-state index contributed by atoms with van der Waals surface area (Å²) in [6.45, 7) is 2.72. The fourth-order valence-corrected chi connectivity index (χ4v) is 5.87. The van der Waals surface area contributed by atoms with Crippen LogP contribution in [0.5, 0.6) is 0 Å². The van der Waals surface area contributed by atoms with Crippen LogP contribution < -0.4 is 0 Å². The van der Waals surface area contributed by atoms with E-state index in [-0.39, 0.29) is 30.6 Å². The molecule has 2 aliphatic rings. The molecule has 0 unspecified atom stereocenters. The zero-order valence-corrected chi connectivity index (χ0v) is 21.1. The van der Waals surface area contributed by atoms with Crippen LogP contribution in [0.25, 0.3) is 22.3 Å². The summed E-state index contributed by atoms with van der Waals surface area (Å²) in [4.78, 5) is 21.7. The number of carbonyl (C=O) groups is 1. The van der Waals surface area contributed by atoms with Gasteiger partial charge in [0.1, 0.15) is 5.82 Å². The van der Waals surface area contributed by atoms with Crippen LogP contribution in [-0.2, 0) is 11.3 Å². The molecule has 9 heteroatoms. The van der Waals surface area contributed by atoms with E-state index < -0.39 is 5.67 Å². The molecule has 5 heterocycles. The molecule has 0 spiro atoms. The first-order valence-corrected chi connectivity index (χ1v) is 13.2. The maximum Gasteiger partial charge on any atom is 0.260 e. The number of piperidine rings is 2. The number of nitrogens with zero attached hydrogens (tertiary/aromatic N) is 6. The molecule has 7 nitrogen and oxygen atoms in total. The Morgan fingerprint density at radius 1 is 0.974 bits per heavy atom. The monoisotopic (exact) mass is 516 g/mol. The van der Waals surface area contributed by atoms with Gasteiger partial charge in [-0.3, -0.25) is 14.7 Å². The lowest BCUT2D eigenvalue weighted by Crippen LogP contribution is -2.53. The summed E-state index contributed by atoms with van der Waals surface area (Å²) in [6.07, 6.45) is 6.91. The molecular weight excluding hydrogens is 486 g/mol. The largest absolute Gasteiger partial charge is 0.340 e. The minimum Gasteiger partial charge on any atom is -0.340 e. The smallest absolute Gasteiger partial charge is 0.260 e. The number of pyridine rings is 1. The first kappa shape index (κ1) is 24.6. The van der Waals surface area contributed by atoms with Crippen molar-refractivity contribution in [2.45, 2.75) is 43.9 Å². The van der Waals surface area contributed by atoms with Gasteiger partial charge in [-0.2, -0.15) is 10.2 Å². The lowest BCUT2D eigenvalue weighted by atomic mass is 9.90. The second-order valence-electron chi connectivity index (χ2n) is 10.3. The minimum atomic E-state index is -1.82. The van der Waals surface area contributed by atoms with Gasteiger partial charge in [0.2, 0.25) is 0 Å². The zero-order valence-electron chi connectivity index (χ0n) is 21.1. The topological polar surface area (TPSA) is 67.2 Å². The van der Waals surface area contributed by atoms with Crippen LogP contribution in [0.15, 0.2) is 67.1 Å². The molecule has 2 fully saturated rings. The van der Waals surface area contributed by atoms with E-state index in [2.05, 4.69) is 24.6 Å². The standard InChI is InChI=1S/C29H30F2N6O/c30-23-4-5-26-22(17-23)18-27(25-3-1-2-11-32-25)37(26)24-7-13-36(14-8-24)28(38)29(31)9-15-35(16-10-29)20-21-6-12-33-34-19-21/h1-6,11-12,17-19,24H,7-10,13-16,20H2. The normalized spacial score (nSPS) is 18.6. The molecule has 1 amide bonds. The quantitative estimate of drug-likeness (QED) is 0.381. The summed E-state index contributed by atoms with van der Waals surface area (Å²) in [5, 5.41) is 8.52. The molecule has 196 valence electrons. The minimum absolute atomic E-state index is 0.102. The molecule has 0 N–H and O–H groups in total. The van der Waals surface area contributed by atoms with Crippen LogP contribution >= 0.6 is 0 Å². The van der Waals surface area contributed by atoms with Crippen molar-refractivity contribution in [2.24, 2.45) is 0 Å². The molecule has 38 heavy (non-hydrogen) atoms. The molecular formula is C29H30F2N6O. The van der Waals surface area contributed by atoms with Crippen molar-refractivity contribution in [3.63, 3.8) is 0 Å². The Morgan fingerprint density at radius 3 is 2.50 bits per heavy atom. The van der Waals surface area contributed by atoms with Crippen molar-refractivity contribution >= 4 is 16.8 Å². The van der Waals surface area contributed by atoms with E-state index >= 15 is 4.39 Å². The summed E-state index contributed by atoms with van der Waals surface area (Å²) < 4.78 is 32.1. The van der Waals surface area contributed by atoms with E-state index in [1.807, 2.05) is 30.3 Å². The maximum atomic E-state index is 15.9. The molecule has 4 aromatic rings. The number of aromatic nitrogens is 4. The van der Waals surface area contributed by atoms with Crippen molar-refractivity contribution in [3.05, 3.63) is 78.5 Å². The highest BCUT2D eigenvalue weighted by molar-refractivity contribution is 5.87. The Bertz CT molecular complexity index is 1410. The van der Waals surface area contributed by atoms with Crippen molar-refractivity contribution in [2.75, 3.05) is 26.2 Å². The van der Waals surface area contributed by atoms with Crippen LogP contribution in [0.3, 0.4) is 0 Å². The highest BCUT2D eigenvalue weighted by Crippen LogP contribution is 2.37. The number of carbonyl (C=O) groups excluding carboxylic acids is 1. The van der Waals surface area contributed by atoms with Crippen molar-refractivity contribution in [1.29, 1.82) is 0 Å². The number of likely N-dealkylation sites (tertiary alicyclic amines) is 2. The molecule has 0 saturated carbocycles. The number of alkyl halides is 1. The first-order chi connectivity index (χ1) is 18.5. The number of fused-ring (bicyclic) bond motifs is 1. The fourth-order valence-electron chi connectivity index (χ4n) is 5.87. The summed E-state index contributed by atoms with van der Waals surface area (Å²) >= 11 is 0. The number of hydrogen-bond donors (Lipinski definition) is 0. The van der Waals surface area contributed by atoms with Gasteiger partial charge < -0.3 is 9.47 Å². The Morgan fingerprint density at radius 2 is 1.79 bits per heavy atom. The maximum absolute atomic E-state index is 15.9. The highest BCUT2D eigenvalue weighted by Gasteiger charge is 2.45. The molecule has 6 rings (SSSR count). The first-order valence-electron chi connectivity index (χ1n) is 13.2. The summed E-state index contributed by atoms with van der Waals surface area (Å²) in [6, 6.07) is 14.6. The van der Waals surface area contributed by atoms with E-state index in [0.29, 0.717) is 45.6 Å². The van der Waals surface area contributed by atoms with Gasteiger partial charge in [-0.1, -0.05) is 6.07 Å². The molecule has 3 aromatic heterocycles. The average molecular weight is 517 g/mol. The average Bonchev–Trinajstić information content (AvgIpc) is 3.34. The molecule has 0 atom stereocenters. The lowest BCUT2D eigenvalue weighted by Gasteiger charge is -2.40. The fraction of sp³-hybridized carbons (Fsp3) is 0.379. The third kappa shape index (κ3) is 4.78. The Labute approximate surface area is 220 Å².